The smallest absolute Gasteiger partial charge is 0.429 e. The Morgan fingerprint density at radius 1 is 0.775 bits per heavy atom. The lowest BCUT2D eigenvalue weighted by Crippen LogP contribution is -2.27. The van der Waals surface area contributed by atoms with Crippen molar-refractivity contribution in [3.05, 3.63) is 58.7 Å². The van der Waals surface area contributed by atoms with E-state index in [9.17, 15) is 35.1 Å². The van der Waals surface area contributed by atoms with E-state index in [1.54, 1.807) is 0 Å². The predicted molar refractivity (Wildman–Crippen MR) is 134 cm³/mol. The Morgan fingerprint density at radius 3 is 1.80 bits per heavy atom. The standard InChI is InChI=1S/C30H34F8O2/c1-2-3-4-17-5-7-18(8-6-17)19-9-11-20(12-10-19)21-13-23(31)27(24(32)14-21)30(37,38)40-22-15-25(33)28(26(34)16-22)39-29(35)36/h13-20,29H,2-12H2,1H3/t17-,18-,19?,20?. The quantitative estimate of drug-likeness (QED) is 0.261. The van der Waals surface area contributed by atoms with Crippen molar-refractivity contribution in [3.63, 3.8) is 0 Å². The van der Waals surface area contributed by atoms with Crippen molar-refractivity contribution < 1.29 is 44.6 Å². The minimum absolute atomic E-state index is 0.162. The predicted octanol–water partition coefficient (Wildman–Crippen LogP) is 10.2. The van der Waals surface area contributed by atoms with E-state index in [4.69, 9.17) is 0 Å². The van der Waals surface area contributed by atoms with E-state index in [2.05, 4.69) is 16.4 Å². The van der Waals surface area contributed by atoms with Gasteiger partial charge in [-0.1, -0.05) is 39.0 Å². The summed E-state index contributed by atoms with van der Waals surface area (Å²) in [4.78, 5) is 0. The molecule has 2 aromatic carbocycles. The molecule has 2 nitrogen and oxygen atoms in total. The van der Waals surface area contributed by atoms with Crippen LogP contribution in [0.5, 0.6) is 11.5 Å². The number of rotatable bonds is 10. The van der Waals surface area contributed by atoms with Gasteiger partial charge in [0.15, 0.2) is 17.4 Å². The molecule has 222 valence electrons. The van der Waals surface area contributed by atoms with Crippen LogP contribution in [0.3, 0.4) is 0 Å². The van der Waals surface area contributed by atoms with Crippen LogP contribution in [0, 0.1) is 41.0 Å². The SMILES string of the molecule is CCCC[C@H]1CC[C@H](C2CCC(c3cc(F)c(C(F)(F)Oc4cc(F)c(OC(F)F)c(F)c4)c(F)c3)CC2)CC1. The van der Waals surface area contributed by atoms with Crippen LogP contribution in [0.2, 0.25) is 0 Å². The zero-order valence-electron chi connectivity index (χ0n) is 22.3. The summed E-state index contributed by atoms with van der Waals surface area (Å²) in [5.74, 6) is -7.39. The number of ether oxygens (including phenoxy) is 2. The van der Waals surface area contributed by atoms with E-state index in [0.717, 1.165) is 30.9 Å². The first-order valence-electron chi connectivity index (χ1n) is 14.0. The van der Waals surface area contributed by atoms with E-state index in [0.29, 0.717) is 24.7 Å². The summed E-state index contributed by atoms with van der Waals surface area (Å²) in [6.45, 7) is -1.36. The largest absolute Gasteiger partial charge is 0.432 e. The van der Waals surface area contributed by atoms with E-state index in [1.807, 2.05) is 0 Å². The number of halogens is 8. The average molecular weight is 579 g/mol. The lowest BCUT2D eigenvalue weighted by molar-refractivity contribution is -0.189. The van der Waals surface area contributed by atoms with Crippen molar-refractivity contribution >= 4 is 0 Å². The number of benzene rings is 2. The Labute approximate surface area is 229 Å². The molecule has 2 saturated carbocycles. The fourth-order valence-electron chi connectivity index (χ4n) is 6.47. The molecule has 2 aromatic rings. The first-order chi connectivity index (χ1) is 19.0. The summed E-state index contributed by atoms with van der Waals surface area (Å²) in [6.07, 6.45) is 7.32. The molecule has 0 unspecified atom stereocenters. The molecule has 2 aliphatic rings. The normalized spacial score (nSPS) is 23.9. The molecular weight excluding hydrogens is 544 g/mol. The maximum atomic E-state index is 14.9. The molecule has 0 aliphatic heterocycles. The van der Waals surface area contributed by atoms with Crippen LogP contribution in [0.15, 0.2) is 24.3 Å². The molecule has 0 amide bonds. The minimum atomic E-state index is -4.65. The molecule has 0 spiro atoms. The second-order valence-corrected chi connectivity index (χ2v) is 11.1. The Bertz CT molecular complexity index is 1090. The average Bonchev–Trinajstić information content (AvgIpc) is 2.89. The minimum Gasteiger partial charge on any atom is -0.429 e. The number of unbranched alkanes of at least 4 members (excludes halogenated alkanes) is 1. The van der Waals surface area contributed by atoms with Crippen molar-refractivity contribution in [3.8, 4) is 11.5 Å². The van der Waals surface area contributed by atoms with Crippen LogP contribution in [-0.4, -0.2) is 6.61 Å². The topological polar surface area (TPSA) is 18.5 Å². The van der Waals surface area contributed by atoms with Gasteiger partial charge in [-0.05, 0) is 79.9 Å². The number of alkyl halides is 4. The van der Waals surface area contributed by atoms with Gasteiger partial charge >= 0.3 is 12.7 Å². The Kier molecular flexibility index (Phi) is 9.88. The maximum Gasteiger partial charge on any atom is 0.432 e. The molecular formula is C30H34F8O2. The molecule has 0 heterocycles. The second-order valence-electron chi connectivity index (χ2n) is 11.1. The van der Waals surface area contributed by atoms with Gasteiger partial charge in [0.2, 0.25) is 0 Å². The van der Waals surface area contributed by atoms with Crippen LogP contribution in [-0.2, 0) is 6.11 Å². The highest BCUT2D eigenvalue weighted by atomic mass is 19.3. The highest BCUT2D eigenvalue weighted by Gasteiger charge is 2.42. The van der Waals surface area contributed by atoms with Gasteiger partial charge in [-0.15, -0.1) is 0 Å². The van der Waals surface area contributed by atoms with Gasteiger partial charge in [0.05, 0.1) is 0 Å². The van der Waals surface area contributed by atoms with Crippen LogP contribution < -0.4 is 9.47 Å². The summed E-state index contributed by atoms with van der Waals surface area (Å²) in [5, 5.41) is 0. The molecule has 0 bridgehead atoms. The molecule has 4 rings (SSSR count). The maximum absolute atomic E-state index is 14.9. The molecule has 0 atom stereocenters. The molecule has 2 fully saturated rings. The van der Waals surface area contributed by atoms with Crippen LogP contribution in [0.25, 0.3) is 0 Å². The molecule has 2 aliphatic carbocycles. The molecule has 0 aromatic heterocycles. The van der Waals surface area contributed by atoms with Gasteiger partial charge in [-0.3, -0.25) is 0 Å². The van der Waals surface area contributed by atoms with Crippen LogP contribution in [0.1, 0.15) is 94.6 Å². The Hall–Kier alpha value is -2.52. The first kappa shape index (κ1) is 30.4. The summed E-state index contributed by atoms with van der Waals surface area (Å²) >= 11 is 0. The Balaban J connectivity index is 1.40. The van der Waals surface area contributed by atoms with E-state index in [-0.39, 0.29) is 23.6 Å². The second kappa shape index (κ2) is 13.0. The lowest BCUT2D eigenvalue weighted by atomic mass is 9.68. The number of hydrogen-bond acceptors (Lipinski definition) is 2. The monoisotopic (exact) mass is 578 g/mol. The zero-order valence-corrected chi connectivity index (χ0v) is 22.3. The van der Waals surface area contributed by atoms with Crippen molar-refractivity contribution in [2.24, 2.45) is 17.8 Å². The van der Waals surface area contributed by atoms with Crippen molar-refractivity contribution in [2.45, 2.75) is 96.2 Å². The zero-order chi connectivity index (χ0) is 29.0. The van der Waals surface area contributed by atoms with Gasteiger partial charge in [-0.25, -0.2) is 17.6 Å². The molecule has 10 heteroatoms. The van der Waals surface area contributed by atoms with Crippen molar-refractivity contribution in [1.29, 1.82) is 0 Å². The Morgan fingerprint density at radius 2 is 1.30 bits per heavy atom. The van der Waals surface area contributed by atoms with Gasteiger partial charge in [-0.2, -0.15) is 17.6 Å². The fourth-order valence-corrected chi connectivity index (χ4v) is 6.47. The van der Waals surface area contributed by atoms with Crippen molar-refractivity contribution in [2.75, 3.05) is 0 Å². The van der Waals surface area contributed by atoms with Crippen LogP contribution in [0.4, 0.5) is 35.1 Å². The highest BCUT2D eigenvalue weighted by molar-refractivity contribution is 5.36. The lowest BCUT2D eigenvalue weighted by Gasteiger charge is -2.38. The molecule has 0 N–H and O–H groups in total. The van der Waals surface area contributed by atoms with Gasteiger partial charge < -0.3 is 9.47 Å². The van der Waals surface area contributed by atoms with E-state index >= 15 is 0 Å². The molecule has 0 saturated heterocycles. The van der Waals surface area contributed by atoms with Gasteiger partial charge in [0, 0.05) is 12.1 Å². The third-order valence-corrected chi connectivity index (χ3v) is 8.55. The summed E-state index contributed by atoms with van der Waals surface area (Å²) in [5.41, 5.74) is -1.43. The van der Waals surface area contributed by atoms with Gasteiger partial charge in [0.1, 0.15) is 22.9 Å². The van der Waals surface area contributed by atoms with Crippen molar-refractivity contribution in [1.82, 2.24) is 0 Å². The highest BCUT2D eigenvalue weighted by Crippen LogP contribution is 2.45. The first-order valence-corrected chi connectivity index (χ1v) is 14.0. The molecule has 40 heavy (non-hydrogen) atoms. The summed E-state index contributed by atoms with van der Waals surface area (Å²) in [6, 6.07) is 2.05. The van der Waals surface area contributed by atoms with Gasteiger partial charge in [0.25, 0.3) is 0 Å². The van der Waals surface area contributed by atoms with E-state index in [1.165, 1.54) is 44.9 Å². The molecule has 0 radical (unpaired) electrons. The number of hydrogen-bond donors (Lipinski definition) is 0. The third-order valence-electron chi connectivity index (χ3n) is 8.55. The summed E-state index contributed by atoms with van der Waals surface area (Å²) < 4.78 is 120. The summed E-state index contributed by atoms with van der Waals surface area (Å²) in [7, 11) is 0. The van der Waals surface area contributed by atoms with E-state index < -0.39 is 53.1 Å². The van der Waals surface area contributed by atoms with Crippen LogP contribution >= 0.6 is 0 Å². The third kappa shape index (κ3) is 7.21. The fraction of sp³-hybridized carbons (Fsp3) is 0.600.